The molecule has 0 radical (unpaired) electrons. The summed E-state index contributed by atoms with van der Waals surface area (Å²) in [7, 11) is 0. The maximum absolute atomic E-state index is 13.3. The molecule has 0 fully saturated rings. The lowest BCUT2D eigenvalue weighted by atomic mass is 10.1. The Bertz CT molecular complexity index is 1280. The first-order chi connectivity index (χ1) is 15.7. The fourth-order valence-electron chi connectivity index (χ4n) is 3.47. The number of anilines is 1. The summed E-state index contributed by atoms with van der Waals surface area (Å²) in [5, 5.41) is 8.33. The first kappa shape index (κ1) is 21.3. The smallest absolute Gasteiger partial charge is 0.276 e. The molecule has 1 amide bonds. The fourth-order valence-corrected chi connectivity index (χ4v) is 3.47. The number of hydrogen-bond donors (Lipinski definition) is 1. The first-order valence-electron chi connectivity index (χ1n) is 10.7. The largest absolute Gasteiger partial charge is 0.491 e. The minimum atomic E-state index is -0.394. The molecule has 162 valence electrons. The third kappa shape index (κ3) is 4.70. The first-order valence-corrected chi connectivity index (χ1v) is 10.7. The lowest BCUT2D eigenvalue weighted by molar-refractivity contribution is 0.102. The van der Waals surface area contributed by atoms with Gasteiger partial charge in [-0.3, -0.25) is 9.59 Å². The normalized spacial score (nSPS) is 10.8. The maximum atomic E-state index is 13.3. The average molecular weight is 428 g/mol. The van der Waals surface area contributed by atoms with Crippen LogP contribution in [-0.4, -0.2) is 22.3 Å². The monoisotopic (exact) mass is 427 g/mol. The molecule has 3 aromatic carbocycles. The summed E-state index contributed by atoms with van der Waals surface area (Å²) in [5.74, 6) is 0.214. The van der Waals surface area contributed by atoms with Crippen LogP contribution in [0, 0.1) is 0 Å². The number of hydrogen-bond acceptors (Lipinski definition) is 4. The number of nitrogens with one attached hydrogen (secondary N) is 1. The molecular weight excluding hydrogens is 402 g/mol. The van der Waals surface area contributed by atoms with Gasteiger partial charge in [0.25, 0.3) is 11.5 Å². The van der Waals surface area contributed by atoms with E-state index in [0.29, 0.717) is 28.8 Å². The number of fused-ring (bicyclic) bond motifs is 1. The molecule has 0 saturated heterocycles. The van der Waals surface area contributed by atoms with E-state index >= 15 is 0 Å². The quantitative estimate of drug-likeness (QED) is 0.407. The number of unbranched alkanes of at least 4 members (excludes halogenated alkanes) is 1. The minimum Gasteiger partial charge on any atom is -0.491 e. The predicted octanol–water partition coefficient (Wildman–Crippen LogP) is 4.88. The summed E-state index contributed by atoms with van der Waals surface area (Å²) in [6.07, 6.45) is 1.95. The Hall–Kier alpha value is -3.93. The van der Waals surface area contributed by atoms with Crippen LogP contribution in [0.3, 0.4) is 0 Å². The summed E-state index contributed by atoms with van der Waals surface area (Å²) in [4.78, 5) is 26.3. The van der Waals surface area contributed by atoms with Gasteiger partial charge in [-0.15, -0.1) is 0 Å². The van der Waals surface area contributed by atoms with E-state index in [1.807, 2.05) is 48.5 Å². The van der Waals surface area contributed by atoms with E-state index in [-0.39, 0.29) is 17.8 Å². The Morgan fingerprint density at radius 1 is 0.938 bits per heavy atom. The van der Waals surface area contributed by atoms with Crippen LogP contribution in [0.5, 0.6) is 5.75 Å². The van der Waals surface area contributed by atoms with E-state index in [1.54, 1.807) is 30.3 Å². The van der Waals surface area contributed by atoms with Crippen molar-refractivity contribution in [2.45, 2.75) is 26.3 Å². The number of aromatic nitrogens is 2. The van der Waals surface area contributed by atoms with Crippen molar-refractivity contribution < 1.29 is 9.53 Å². The van der Waals surface area contributed by atoms with Crippen LogP contribution in [0.1, 0.15) is 35.8 Å². The number of benzene rings is 3. The van der Waals surface area contributed by atoms with Gasteiger partial charge in [-0.2, -0.15) is 5.10 Å². The van der Waals surface area contributed by atoms with Gasteiger partial charge in [0.05, 0.1) is 24.2 Å². The summed E-state index contributed by atoms with van der Waals surface area (Å²) in [6.45, 7) is 2.95. The highest BCUT2D eigenvalue weighted by molar-refractivity contribution is 6.11. The van der Waals surface area contributed by atoms with E-state index in [1.165, 1.54) is 4.68 Å². The molecule has 0 aliphatic heterocycles. The van der Waals surface area contributed by atoms with Crippen molar-refractivity contribution in [2.24, 2.45) is 0 Å². The van der Waals surface area contributed by atoms with Crippen LogP contribution in [0.4, 0.5) is 5.69 Å². The van der Waals surface area contributed by atoms with Crippen LogP contribution < -0.4 is 15.6 Å². The van der Waals surface area contributed by atoms with E-state index in [2.05, 4.69) is 17.3 Å². The number of nitrogens with zero attached hydrogens (tertiary/aromatic N) is 2. The van der Waals surface area contributed by atoms with Crippen LogP contribution in [0.2, 0.25) is 0 Å². The highest BCUT2D eigenvalue weighted by Gasteiger charge is 2.18. The van der Waals surface area contributed by atoms with E-state index in [4.69, 9.17) is 4.74 Å². The molecular formula is C26H25N3O3. The molecule has 0 unspecified atom stereocenters. The second-order valence-electron chi connectivity index (χ2n) is 7.49. The van der Waals surface area contributed by atoms with Crippen LogP contribution in [0.25, 0.3) is 10.8 Å². The van der Waals surface area contributed by atoms with Gasteiger partial charge < -0.3 is 10.1 Å². The van der Waals surface area contributed by atoms with Crippen molar-refractivity contribution in [3.63, 3.8) is 0 Å². The summed E-state index contributed by atoms with van der Waals surface area (Å²) in [5.41, 5.74) is 1.46. The summed E-state index contributed by atoms with van der Waals surface area (Å²) >= 11 is 0. The van der Waals surface area contributed by atoms with E-state index < -0.39 is 5.91 Å². The molecule has 0 aliphatic rings. The van der Waals surface area contributed by atoms with Crippen molar-refractivity contribution in [2.75, 3.05) is 11.9 Å². The highest BCUT2D eigenvalue weighted by Crippen LogP contribution is 2.25. The SMILES string of the molecule is CCCCOc1ccccc1NC(=O)c1nn(Cc2ccccc2)c(=O)c2ccccc12. The fraction of sp³-hybridized carbons (Fsp3) is 0.192. The Morgan fingerprint density at radius 3 is 2.41 bits per heavy atom. The lowest BCUT2D eigenvalue weighted by Gasteiger charge is -2.14. The van der Waals surface area contributed by atoms with Gasteiger partial charge in [0.15, 0.2) is 5.69 Å². The minimum absolute atomic E-state index is 0.194. The molecule has 0 spiro atoms. The van der Waals surface area contributed by atoms with Crippen LogP contribution >= 0.6 is 0 Å². The van der Waals surface area contributed by atoms with Gasteiger partial charge >= 0.3 is 0 Å². The summed E-state index contributed by atoms with van der Waals surface area (Å²) < 4.78 is 7.18. The zero-order chi connectivity index (χ0) is 22.3. The topological polar surface area (TPSA) is 73.2 Å². The zero-order valence-corrected chi connectivity index (χ0v) is 18.0. The zero-order valence-electron chi connectivity index (χ0n) is 18.0. The van der Waals surface area contributed by atoms with Gasteiger partial charge in [-0.1, -0.05) is 74.0 Å². The van der Waals surface area contributed by atoms with Crippen molar-refractivity contribution in [3.8, 4) is 5.75 Å². The number of para-hydroxylation sites is 2. The Morgan fingerprint density at radius 2 is 1.62 bits per heavy atom. The molecule has 4 rings (SSSR count). The van der Waals surface area contributed by atoms with Crippen molar-refractivity contribution >= 4 is 22.4 Å². The van der Waals surface area contributed by atoms with Gasteiger partial charge in [-0.05, 0) is 30.2 Å². The van der Waals surface area contributed by atoms with E-state index in [9.17, 15) is 9.59 Å². The number of amides is 1. The molecule has 32 heavy (non-hydrogen) atoms. The molecule has 0 saturated carbocycles. The van der Waals surface area contributed by atoms with Gasteiger partial charge in [-0.25, -0.2) is 4.68 Å². The number of rotatable bonds is 8. The van der Waals surface area contributed by atoms with Crippen molar-refractivity contribution in [1.29, 1.82) is 0 Å². The third-order valence-corrected chi connectivity index (χ3v) is 5.15. The van der Waals surface area contributed by atoms with Crippen LogP contribution in [0.15, 0.2) is 83.7 Å². The molecule has 0 atom stereocenters. The second-order valence-corrected chi connectivity index (χ2v) is 7.49. The molecule has 4 aromatic rings. The number of ether oxygens (including phenoxy) is 1. The number of carbonyl (C=O) groups excluding carboxylic acids is 1. The highest BCUT2D eigenvalue weighted by atomic mass is 16.5. The molecule has 6 heteroatoms. The molecule has 1 N–H and O–H groups in total. The standard InChI is InChI=1S/C26H25N3O3/c1-2-3-17-32-23-16-10-9-15-22(23)27-25(30)24-20-13-7-8-14-21(20)26(31)29(28-24)18-19-11-5-4-6-12-19/h4-16H,2-3,17-18H2,1H3,(H,27,30). The molecule has 1 heterocycles. The third-order valence-electron chi connectivity index (χ3n) is 5.15. The van der Waals surface area contributed by atoms with Crippen molar-refractivity contribution in [3.05, 3.63) is 100 Å². The maximum Gasteiger partial charge on any atom is 0.276 e. The molecule has 6 nitrogen and oxygen atoms in total. The Labute approximate surface area is 186 Å². The average Bonchev–Trinajstić information content (AvgIpc) is 2.83. The number of carbonyl (C=O) groups is 1. The molecule has 1 aromatic heterocycles. The van der Waals surface area contributed by atoms with Gasteiger partial charge in [0, 0.05) is 5.39 Å². The predicted molar refractivity (Wildman–Crippen MR) is 126 cm³/mol. The van der Waals surface area contributed by atoms with Crippen molar-refractivity contribution in [1.82, 2.24) is 9.78 Å². The van der Waals surface area contributed by atoms with Gasteiger partial charge in [0.2, 0.25) is 0 Å². The summed E-state index contributed by atoms with van der Waals surface area (Å²) in [6, 6.07) is 23.9. The molecule has 0 aliphatic carbocycles. The lowest BCUT2D eigenvalue weighted by Crippen LogP contribution is -2.28. The Kier molecular flexibility index (Phi) is 6.60. The second kappa shape index (κ2) is 9.92. The Balaban J connectivity index is 1.70. The van der Waals surface area contributed by atoms with Crippen LogP contribution in [-0.2, 0) is 6.54 Å². The van der Waals surface area contributed by atoms with Gasteiger partial charge in [0.1, 0.15) is 5.75 Å². The van der Waals surface area contributed by atoms with E-state index in [0.717, 1.165) is 18.4 Å². The molecule has 0 bridgehead atoms.